The Balaban J connectivity index is 1.66. The highest BCUT2D eigenvalue weighted by Crippen LogP contribution is 2.29. The second-order valence-electron chi connectivity index (χ2n) is 5.92. The number of aromatic nitrogens is 2. The summed E-state index contributed by atoms with van der Waals surface area (Å²) in [5.41, 5.74) is 0.394. The van der Waals surface area contributed by atoms with Gasteiger partial charge in [0, 0.05) is 19.8 Å². The smallest absolute Gasteiger partial charge is 0.277 e. The van der Waals surface area contributed by atoms with Crippen molar-refractivity contribution in [3.8, 4) is 10.8 Å². The van der Waals surface area contributed by atoms with Gasteiger partial charge in [0.2, 0.25) is 15.9 Å². The number of carbonyl (C=O) groups is 1. The highest BCUT2D eigenvalue weighted by molar-refractivity contribution is 8.00. The first kappa shape index (κ1) is 20.5. The summed E-state index contributed by atoms with van der Waals surface area (Å²) in [5, 5.41) is 12.3. The standard InChI is InChI=1S/C17H18N4O4S3/c1-11(27-17-20-19-16(25-17)14-8-5-9-26-14)15(22)18-12-6-4-7-13(10-12)28(23,24)21(2)3/h4-11H,1-3H3,(H,18,22)/t11-/m0/s1. The van der Waals surface area contributed by atoms with E-state index >= 15 is 0 Å². The van der Waals surface area contributed by atoms with Crippen LogP contribution in [0.3, 0.4) is 0 Å². The van der Waals surface area contributed by atoms with Crippen LogP contribution < -0.4 is 5.32 Å². The van der Waals surface area contributed by atoms with E-state index in [2.05, 4.69) is 15.5 Å². The fraction of sp³-hybridized carbons (Fsp3) is 0.235. The van der Waals surface area contributed by atoms with Gasteiger partial charge in [0.25, 0.3) is 11.1 Å². The molecule has 1 atom stereocenters. The molecule has 0 aliphatic carbocycles. The fourth-order valence-corrected chi connectivity index (χ4v) is 4.43. The Bertz CT molecular complexity index is 1060. The van der Waals surface area contributed by atoms with Gasteiger partial charge in [0.15, 0.2) is 0 Å². The second kappa shape index (κ2) is 8.43. The number of sulfonamides is 1. The molecule has 2 aromatic heterocycles. The molecule has 11 heteroatoms. The maximum Gasteiger partial charge on any atom is 0.277 e. The van der Waals surface area contributed by atoms with Gasteiger partial charge in [-0.25, -0.2) is 12.7 Å². The Morgan fingerprint density at radius 1 is 1.25 bits per heavy atom. The quantitative estimate of drug-likeness (QED) is 0.565. The van der Waals surface area contributed by atoms with Crippen molar-refractivity contribution >= 4 is 44.7 Å². The van der Waals surface area contributed by atoms with Gasteiger partial charge < -0.3 is 9.73 Å². The van der Waals surface area contributed by atoms with Crippen LogP contribution in [0.5, 0.6) is 0 Å². The first-order valence-electron chi connectivity index (χ1n) is 8.15. The van der Waals surface area contributed by atoms with Crippen LogP contribution in [-0.2, 0) is 14.8 Å². The van der Waals surface area contributed by atoms with Crippen LogP contribution in [0.1, 0.15) is 6.92 Å². The van der Waals surface area contributed by atoms with Crippen LogP contribution in [0.25, 0.3) is 10.8 Å². The Labute approximate surface area is 171 Å². The maximum atomic E-state index is 12.5. The van der Waals surface area contributed by atoms with Crippen molar-refractivity contribution < 1.29 is 17.6 Å². The molecule has 0 fully saturated rings. The molecule has 0 aliphatic heterocycles. The van der Waals surface area contributed by atoms with Crippen LogP contribution in [0.4, 0.5) is 5.69 Å². The number of benzene rings is 1. The topological polar surface area (TPSA) is 105 Å². The van der Waals surface area contributed by atoms with Gasteiger partial charge in [-0.3, -0.25) is 4.79 Å². The van der Waals surface area contributed by atoms with Crippen molar-refractivity contribution in [3.05, 3.63) is 41.8 Å². The van der Waals surface area contributed by atoms with E-state index in [1.807, 2.05) is 17.5 Å². The molecule has 28 heavy (non-hydrogen) atoms. The van der Waals surface area contributed by atoms with E-state index in [0.29, 0.717) is 11.6 Å². The van der Waals surface area contributed by atoms with Gasteiger partial charge in [-0.1, -0.05) is 23.9 Å². The molecule has 2 heterocycles. The van der Waals surface area contributed by atoms with E-state index in [9.17, 15) is 13.2 Å². The normalized spacial score (nSPS) is 12.9. The number of nitrogens with one attached hydrogen (secondary N) is 1. The average molecular weight is 439 g/mol. The lowest BCUT2D eigenvalue weighted by atomic mass is 10.3. The average Bonchev–Trinajstić information content (AvgIpc) is 3.33. The maximum absolute atomic E-state index is 12.5. The van der Waals surface area contributed by atoms with E-state index < -0.39 is 15.3 Å². The van der Waals surface area contributed by atoms with Crippen molar-refractivity contribution in [1.29, 1.82) is 0 Å². The third-order valence-corrected chi connectivity index (χ3v) is 7.27. The van der Waals surface area contributed by atoms with E-state index in [0.717, 1.165) is 20.9 Å². The van der Waals surface area contributed by atoms with Crippen molar-refractivity contribution in [2.24, 2.45) is 0 Å². The molecule has 1 amide bonds. The van der Waals surface area contributed by atoms with Crippen LogP contribution in [0.15, 0.2) is 56.3 Å². The van der Waals surface area contributed by atoms with E-state index in [4.69, 9.17) is 4.42 Å². The van der Waals surface area contributed by atoms with Crippen molar-refractivity contribution in [2.45, 2.75) is 22.3 Å². The molecular weight excluding hydrogens is 420 g/mol. The summed E-state index contributed by atoms with van der Waals surface area (Å²) in [6.07, 6.45) is 0. The number of hydrogen-bond acceptors (Lipinski definition) is 8. The molecule has 0 spiro atoms. The number of carbonyl (C=O) groups excluding carboxylic acids is 1. The second-order valence-corrected chi connectivity index (χ2v) is 10.3. The summed E-state index contributed by atoms with van der Waals surface area (Å²) in [7, 11) is -0.673. The predicted octanol–water partition coefficient (Wildman–Crippen LogP) is 3.17. The molecule has 0 saturated heterocycles. The first-order valence-corrected chi connectivity index (χ1v) is 11.3. The number of thioether (sulfide) groups is 1. The van der Waals surface area contributed by atoms with Gasteiger partial charge >= 0.3 is 0 Å². The summed E-state index contributed by atoms with van der Waals surface area (Å²) in [6, 6.07) is 9.87. The van der Waals surface area contributed by atoms with Crippen molar-refractivity contribution in [2.75, 3.05) is 19.4 Å². The highest BCUT2D eigenvalue weighted by Gasteiger charge is 2.21. The molecule has 0 aliphatic rings. The van der Waals surface area contributed by atoms with Gasteiger partial charge in [0.1, 0.15) is 0 Å². The summed E-state index contributed by atoms with van der Waals surface area (Å²) in [4.78, 5) is 13.4. The molecule has 0 saturated carbocycles. The molecule has 3 rings (SSSR count). The number of anilines is 1. The molecule has 0 bridgehead atoms. The number of nitrogens with zero attached hydrogens (tertiary/aromatic N) is 3. The zero-order valence-corrected chi connectivity index (χ0v) is 17.8. The third kappa shape index (κ3) is 4.61. The lowest BCUT2D eigenvalue weighted by Gasteiger charge is -2.13. The van der Waals surface area contributed by atoms with Gasteiger partial charge in [-0.2, -0.15) is 0 Å². The fourth-order valence-electron chi connectivity index (χ4n) is 2.15. The Morgan fingerprint density at radius 2 is 2.04 bits per heavy atom. The van der Waals surface area contributed by atoms with Crippen LogP contribution in [0, 0.1) is 0 Å². The highest BCUT2D eigenvalue weighted by atomic mass is 32.2. The SMILES string of the molecule is C[C@H](Sc1nnc(-c2cccs2)o1)C(=O)Nc1cccc(S(=O)(=O)N(C)C)c1. The van der Waals surface area contributed by atoms with Crippen LogP contribution >= 0.6 is 23.1 Å². The number of rotatable bonds is 7. The lowest BCUT2D eigenvalue weighted by molar-refractivity contribution is -0.115. The van der Waals surface area contributed by atoms with Crippen molar-refractivity contribution in [3.63, 3.8) is 0 Å². The molecule has 1 aromatic carbocycles. The Kier molecular flexibility index (Phi) is 6.18. The van der Waals surface area contributed by atoms with E-state index in [1.165, 1.54) is 37.6 Å². The molecule has 148 valence electrons. The molecule has 8 nitrogen and oxygen atoms in total. The van der Waals surface area contributed by atoms with Gasteiger partial charge in [-0.05, 0) is 36.6 Å². The third-order valence-electron chi connectivity index (χ3n) is 3.67. The summed E-state index contributed by atoms with van der Waals surface area (Å²) in [6.45, 7) is 1.70. The molecule has 1 N–H and O–H groups in total. The van der Waals surface area contributed by atoms with E-state index in [-0.39, 0.29) is 16.0 Å². The minimum atomic E-state index is -3.58. The zero-order chi connectivity index (χ0) is 20.3. The molecule has 3 aromatic rings. The summed E-state index contributed by atoms with van der Waals surface area (Å²) in [5.74, 6) is 0.104. The number of thiophene rings is 1. The predicted molar refractivity (Wildman–Crippen MR) is 109 cm³/mol. The van der Waals surface area contributed by atoms with Crippen molar-refractivity contribution in [1.82, 2.24) is 14.5 Å². The molecular formula is C17H18N4O4S3. The Morgan fingerprint density at radius 3 is 2.71 bits per heavy atom. The first-order chi connectivity index (χ1) is 13.3. The van der Waals surface area contributed by atoms with Crippen LogP contribution in [-0.4, -0.2) is 48.2 Å². The minimum Gasteiger partial charge on any atom is -0.410 e. The molecule has 0 unspecified atom stereocenters. The van der Waals surface area contributed by atoms with Crippen LogP contribution in [0.2, 0.25) is 0 Å². The zero-order valence-electron chi connectivity index (χ0n) is 15.3. The number of hydrogen-bond donors (Lipinski definition) is 1. The summed E-state index contributed by atoms with van der Waals surface area (Å²) >= 11 is 2.61. The Hall–Kier alpha value is -2.21. The van der Waals surface area contributed by atoms with Gasteiger partial charge in [0.05, 0.1) is 15.0 Å². The van der Waals surface area contributed by atoms with Gasteiger partial charge in [-0.15, -0.1) is 21.5 Å². The summed E-state index contributed by atoms with van der Waals surface area (Å²) < 4.78 is 31.1. The minimum absolute atomic E-state index is 0.105. The van der Waals surface area contributed by atoms with E-state index in [1.54, 1.807) is 19.1 Å². The number of amides is 1. The lowest BCUT2D eigenvalue weighted by Crippen LogP contribution is -2.24. The largest absolute Gasteiger partial charge is 0.410 e. The monoisotopic (exact) mass is 438 g/mol. The molecule has 0 radical (unpaired) electrons.